The van der Waals surface area contributed by atoms with Crippen LogP contribution < -0.4 is 19.1 Å². The van der Waals surface area contributed by atoms with Crippen molar-refractivity contribution in [3.8, 4) is 11.5 Å². The maximum absolute atomic E-state index is 13.4. The van der Waals surface area contributed by atoms with Crippen LogP contribution in [0.25, 0.3) is 0 Å². The van der Waals surface area contributed by atoms with Crippen LogP contribution in [0, 0.1) is 6.92 Å². The molecule has 1 aliphatic rings. The van der Waals surface area contributed by atoms with Crippen LogP contribution >= 0.6 is 0 Å². The Morgan fingerprint density at radius 1 is 1.06 bits per heavy atom. The molecule has 0 aromatic heterocycles. The number of sulfonamides is 1. The maximum atomic E-state index is 13.4. The van der Waals surface area contributed by atoms with Gasteiger partial charge >= 0.3 is 0 Å². The summed E-state index contributed by atoms with van der Waals surface area (Å²) < 4.78 is 39.8. The zero-order valence-electron chi connectivity index (χ0n) is 21.0. The summed E-state index contributed by atoms with van der Waals surface area (Å²) in [6, 6.07) is 21.3. The number of rotatable bonds is 7. The molecule has 0 saturated carbocycles. The average molecular weight is 509 g/mol. The number of ether oxygens (including phenoxy) is 2. The Bertz CT molecular complexity index is 1320. The van der Waals surface area contributed by atoms with Gasteiger partial charge < -0.3 is 14.8 Å². The molecular formula is C28H32N2O5S. The molecule has 7 nitrogen and oxygen atoms in total. The molecule has 0 fully saturated rings. The predicted octanol–water partition coefficient (Wildman–Crippen LogP) is 4.44. The van der Waals surface area contributed by atoms with Gasteiger partial charge in [-0.15, -0.1) is 0 Å². The molecule has 8 heteroatoms. The summed E-state index contributed by atoms with van der Waals surface area (Å²) in [5.74, 6) is 0.675. The summed E-state index contributed by atoms with van der Waals surface area (Å²) in [6.45, 7) is 8.73. The highest BCUT2D eigenvalue weighted by Crippen LogP contribution is 2.37. The van der Waals surface area contributed by atoms with Crippen LogP contribution in [0.2, 0.25) is 0 Å². The van der Waals surface area contributed by atoms with E-state index in [1.807, 2.05) is 37.3 Å². The molecule has 0 bridgehead atoms. The van der Waals surface area contributed by atoms with E-state index in [4.69, 9.17) is 9.47 Å². The lowest BCUT2D eigenvalue weighted by atomic mass is 9.87. The maximum Gasteiger partial charge on any atom is 0.264 e. The van der Waals surface area contributed by atoms with Crippen LogP contribution in [0.5, 0.6) is 11.5 Å². The molecule has 1 unspecified atom stereocenters. The van der Waals surface area contributed by atoms with E-state index >= 15 is 0 Å². The van der Waals surface area contributed by atoms with Crippen LogP contribution in [-0.2, 0) is 20.2 Å². The number of benzene rings is 3. The van der Waals surface area contributed by atoms with Crippen molar-refractivity contribution in [3.05, 3.63) is 83.9 Å². The predicted molar refractivity (Wildman–Crippen MR) is 140 cm³/mol. The Kier molecular flexibility index (Phi) is 7.26. The van der Waals surface area contributed by atoms with Crippen molar-refractivity contribution in [3.63, 3.8) is 0 Å². The van der Waals surface area contributed by atoms with Gasteiger partial charge in [0.2, 0.25) is 0 Å². The average Bonchev–Trinajstić information content (AvgIpc) is 2.85. The van der Waals surface area contributed by atoms with Crippen LogP contribution in [0.3, 0.4) is 0 Å². The van der Waals surface area contributed by atoms with Crippen molar-refractivity contribution in [1.29, 1.82) is 0 Å². The molecule has 0 saturated heterocycles. The van der Waals surface area contributed by atoms with Crippen molar-refractivity contribution in [2.75, 3.05) is 24.0 Å². The van der Waals surface area contributed by atoms with Gasteiger partial charge in [0.25, 0.3) is 15.9 Å². The Balaban J connectivity index is 1.42. The molecule has 1 heterocycles. The first kappa shape index (κ1) is 25.6. The number of nitrogens with one attached hydrogen (secondary N) is 1. The first-order chi connectivity index (χ1) is 17.1. The number of anilines is 1. The quantitative estimate of drug-likeness (QED) is 0.477. The summed E-state index contributed by atoms with van der Waals surface area (Å²) in [6.07, 6.45) is -0.996. The van der Waals surface area contributed by atoms with Gasteiger partial charge in [0, 0.05) is 0 Å². The molecule has 3 aromatic rings. The fourth-order valence-corrected chi connectivity index (χ4v) is 5.45. The Morgan fingerprint density at radius 3 is 2.42 bits per heavy atom. The largest absolute Gasteiger partial charge is 0.492 e. The van der Waals surface area contributed by atoms with E-state index in [-0.39, 0.29) is 30.0 Å². The van der Waals surface area contributed by atoms with Gasteiger partial charge in [-0.3, -0.25) is 9.10 Å². The normalized spacial score (nSPS) is 15.6. The molecule has 190 valence electrons. The van der Waals surface area contributed by atoms with Crippen molar-refractivity contribution in [2.45, 2.75) is 44.1 Å². The second kappa shape index (κ2) is 10.2. The number of hydrogen-bond acceptors (Lipinski definition) is 5. The van der Waals surface area contributed by atoms with Gasteiger partial charge in [-0.1, -0.05) is 57.2 Å². The molecule has 4 rings (SSSR count). The topological polar surface area (TPSA) is 84.9 Å². The summed E-state index contributed by atoms with van der Waals surface area (Å²) in [4.78, 5) is 13.1. The molecule has 3 aromatic carbocycles. The van der Waals surface area contributed by atoms with Crippen molar-refractivity contribution in [2.24, 2.45) is 0 Å². The van der Waals surface area contributed by atoms with Crippen molar-refractivity contribution < 1.29 is 22.7 Å². The zero-order valence-corrected chi connectivity index (χ0v) is 21.8. The first-order valence-corrected chi connectivity index (χ1v) is 13.4. The molecule has 0 aliphatic carbocycles. The molecule has 0 spiro atoms. The van der Waals surface area contributed by atoms with Crippen LogP contribution in [0.4, 0.5) is 5.69 Å². The second-order valence-corrected chi connectivity index (χ2v) is 11.7. The lowest BCUT2D eigenvalue weighted by molar-refractivity contribution is -0.127. The number of aryl methyl sites for hydroxylation is 1. The third-order valence-electron chi connectivity index (χ3n) is 6.00. The van der Waals surface area contributed by atoms with Gasteiger partial charge in [0.1, 0.15) is 18.1 Å². The number of amides is 1. The SMILES string of the molecule is Cc1ccc2c(c1)OC(C(=O)NCCOc1ccc(C(C)(C)C)cc1)CN2S(=O)(=O)c1ccccc1. The summed E-state index contributed by atoms with van der Waals surface area (Å²) in [5.41, 5.74) is 2.59. The van der Waals surface area contributed by atoms with Gasteiger partial charge in [0.15, 0.2) is 6.10 Å². The highest BCUT2D eigenvalue weighted by Gasteiger charge is 2.37. The lowest BCUT2D eigenvalue weighted by Gasteiger charge is -2.35. The minimum atomic E-state index is -3.88. The second-order valence-electron chi connectivity index (χ2n) is 9.84. The van der Waals surface area contributed by atoms with Crippen molar-refractivity contribution in [1.82, 2.24) is 5.32 Å². The summed E-state index contributed by atoms with van der Waals surface area (Å²) in [7, 11) is -3.88. The number of carbonyl (C=O) groups excluding carboxylic acids is 1. The third kappa shape index (κ3) is 5.65. The molecule has 1 atom stereocenters. The Hall–Kier alpha value is -3.52. The van der Waals surface area contributed by atoms with Crippen molar-refractivity contribution >= 4 is 21.6 Å². The Morgan fingerprint density at radius 2 is 1.75 bits per heavy atom. The van der Waals surface area contributed by atoms with E-state index in [0.717, 1.165) is 11.3 Å². The fraction of sp³-hybridized carbons (Fsp3) is 0.321. The number of nitrogens with zero attached hydrogens (tertiary/aromatic N) is 1. The number of carbonyl (C=O) groups is 1. The minimum Gasteiger partial charge on any atom is -0.492 e. The highest BCUT2D eigenvalue weighted by molar-refractivity contribution is 7.92. The molecule has 1 amide bonds. The van der Waals surface area contributed by atoms with Crippen LogP contribution in [0.1, 0.15) is 31.9 Å². The molecule has 1 aliphatic heterocycles. The number of fused-ring (bicyclic) bond motifs is 1. The van der Waals surface area contributed by atoms with Gasteiger partial charge in [-0.05, 0) is 59.9 Å². The zero-order chi connectivity index (χ0) is 25.9. The molecule has 0 radical (unpaired) electrons. The smallest absolute Gasteiger partial charge is 0.264 e. The van der Waals surface area contributed by atoms with Gasteiger partial charge in [-0.25, -0.2) is 8.42 Å². The molecule has 36 heavy (non-hydrogen) atoms. The van der Waals surface area contributed by atoms with E-state index in [9.17, 15) is 13.2 Å². The van der Waals surface area contributed by atoms with Crippen LogP contribution in [0.15, 0.2) is 77.7 Å². The van der Waals surface area contributed by atoms with Crippen LogP contribution in [-0.4, -0.2) is 40.1 Å². The van der Waals surface area contributed by atoms with Gasteiger partial charge in [-0.2, -0.15) is 0 Å². The third-order valence-corrected chi connectivity index (χ3v) is 7.79. The van der Waals surface area contributed by atoms with E-state index < -0.39 is 22.0 Å². The van der Waals surface area contributed by atoms with Gasteiger partial charge in [0.05, 0.1) is 23.7 Å². The van der Waals surface area contributed by atoms with E-state index in [0.29, 0.717) is 11.4 Å². The summed E-state index contributed by atoms with van der Waals surface area (Å²) >= 11 is 0. The Labute approximate surface area is 213 Å². The number of hydrogen-bond donors (Lipinski definition) is 1. The molecular weight excluding hydrogens is 476 g/mol. The monoisotopic (exact) mass is 508 g/mol. The lowest BCUT2D eigenvalue weighted by Crippen LogP contribution is -2.51. The van der Waals surface area contributed by atoms with E-state index in [2.05, 4.69) is 26.1 Å². The first-order valence-electron chi connectivity index (χ1n) is 11.9. The van der Waals surface area contributed by atoms with E-state index in [1.165, 1.54) is 9.87 Å². The highest BCUT2D eigenvalue weighted by atomic mass is 32.2. The standard InChI is InChI=1S/C28H32N2O5S/c1-20-10-15-24-25(18-20)35-26(19-30(24)36(32,33)23-8-6-5-7-9-23)27(31)29-16-17-34-22-13-11-21(12-14-22)28(2,3)4/h5-15,18,26H,16-17,19H2,1-4H3,(H,29,31). The van der Waals surface area contributed by atoms with E-state index in [1.54, 1.807) is 42.5 Å². The fourth-order valence-electron chi connectivity index (χ4n) is 3.95. The minimum absolute atomic E-state index is 0.0610. The molecule has 1 N–H and O–H groups in total. The summed E-state index contributed by atoms with van der Waals surface area (Å²) in [5, 5.41) is 2.81.